The van der Waals surface area contributed by atoms with Gasteiger partial charge in [-0.25, -0.2) is 17.2 Å². The van der Waals surface area contributed by atoms with Crippen molar-refractivity contribution in [3.63, 3.8) is 0 Å². The Hall–Kier alpha value is -3.89. The van der Waals surface area contributed by atoms with Gasteiger partial charge in [-0.05, 0) is 55.8 Å². The molecule has 0 fully saturated rings. The third-order valence-electron chi connectivity index (χ3n) is 6.12. The summed E-state index contributed by atoms with van der Waals surface area (Å²) in [5.74, 6) is -1.77. The number of aryl methyl sites for hydroxylation is 1. The normalized spacial score (nSPS) is 11.3. The highest BCUT2D eigenvalue weighted by Crippen LogP contribution is 2.41. The number of halogens is 3. The number of pyridine rings is 1. The van der Waals surface area contributed by atoms with Gasteiger partial charge >= 0.3 is 0 Å². The third-order valence-corrected chi connectivity index (χ3v) is 8.23. The summed E-state index contributed by atoms with van der Waals surface area (Å²) in [6.45, 7) is 3.48. The van der Waals surface area contributed by atoms with Crippen molar-refractivity contribution in [2.24, 2.45) is 7.05 Å². The van der Waals surface area contributed by atoms with E-state index in [1.165, 1.54) is 40.2 Å². The highest BCUT2D eigenvalue weighted by atomic mass is 35.5. The molecule has 0 radical (unpaired) electrons. The second-order valence-electron chi connectivity index (χ2n) is 8.79. The number of sulfonamides is 1. The summed E-state index contributed by atoms with van der Waals surface area (Å²) in [4.78, 5) is 12.4. The second-order valence-corrected chi connectivity index (χ2v) is 11.4. The summed E-state index contributed by atoms with van der Waals surface area (Å²) < 4.78 is 68.8. The molecule has 1 heterocycles. The molecule has 0 saturated carbocycles. The summed E-state index contributed by atoms with van der Waals surface area (Å²) in [6.07, 6.45) is 1.52. The van der Waals surface area contributed by atoms with Crippen molar-refractivity contribution in [2.75, 3.05) is 16.7 Å². The molecule has 4 aromatic rings. The summed E-state index contributed by atoms with van der Waals surface area (Å²) in [5.41, 5.74) is 1.25. The van der Waals surface area contributed by atoms with Crippen LogP contribution >= 0.6 is 11.6 Å². The molecule has 0 spiro atoms. The number of anilines is 1. The maximum Gasteiger partial charge on any atom is 0.254 e. The molecule has 0 aliphatic rings. The van der Waals surface area contributed by atoms with Crippen LogP contribution in [0.5, 0.6) is 17.2 Å². The smallest absolute Gasteiger partial charge is 0.254 e. The first-order valence-electron chi connectivity index (χ1n) is 12.4. The minimum Gasteiger partial charge on any atom is -0.493 e. The zero-order chi connectivity index (χ0) is 29.0. The van der Waals surface area contributed by atoms with E-state index in [4.69, 9.17) is 21.1 Å². The number of hydrogen-bond donors (Lipinski definition) is 0. The fourth-order valence-corrected chi connectivity index (χ4v) is 5.30. The fourth-order valence-electron chi connectivity index (χ4n) is 4.03. The standard InChI is InChI=1S/C29H27ClF2N2O5S/c1-4-38-28-16-29(35)33(3)18-23(28)22-15-21(11-13-26(22)39-27-12-10-20(31)14-25(27)32)34(40(36,37)5-2)17-19-8-6-7-9-24(19)30/h6-16,18H,4-5,17H2,1-3H3. The molecule has 0 bridgehead atoms. The first-order valence-corrected chi connectivity index (χ1v) is 14.4. The lowest BCUT2D eigenvalue weighted by Gasteiger charge is -2.26. The molecule has 3 aromatic carbocycles. The number of aromatic nitrogens is 1. The lowest BCUT2D eigenvalue weighted by molar-refractivity contribution is 0.340. The number of ether oxygens (including phenoxy) is 2. The van der Waals surface area contributed by atoms with E-state index in [1.54, 1.807) is 44.3 Å². The van der Waals surface area contributed by atoms with E-state index < -0.39 is 21.7 Å². The van der Waals surface area contributed by atoms with Gasteiger partial charge in [-0.15, -0.1) is 0 Å². The van der Waals surface area contributed by atoms with Crippen LogP contribution in [-0.2, 0) is 23.6 Å². The van der Waals surface area contributed by atoms with Crippen LogP contribution in [0.2, 0.25) is 5.02 Å². The molecule has 0 amide bonds. The topological polar surface area (TPSA) is 77.8 Å². The summed E-state index contributed by atoms with van der Waals surface area (Å²) >= 11 is 6.35. The summed E-state index contributed by atoms with van der Waals surface area (Å²) in [5, 5.41) is 0.405. The number of benzene rings is 3. The molecule has 0 N–H and O–H groups in total. The van der Waals surface area contributed by atoms with Gasteiger partial charge in [-0.3, -0.25) is 9.10 Å². The molecule has 0 atom stereocenters. The van der Waals surface area contributed by atoms with E-state index in [1.807, 2.05) is 0 Å². The minimum absolute atomic E-state index is 0.0479. The third kappa shape index (κ3) is 6.29. The molecular formula is C29H27ClF2N2O5S. The minimum atomic E-state index is -3.80. The Morgan fingerprint density at radius 2 is 1.65 bits per heavy atom. The van der Waals surface area contributed by atoms with Crippen LogP contribution in [-0.4, -0.2) is 25.3 Å². The number of rotatable bonds is 10. The van der Waals surface area contributed by atoms with Gasteiger partial charge in [0.05, 0.1) is 24.6 Å². The molecule has 0 aliphatic carbocycles. The van der Waals surface area contributed by atoms with Crippen molar-refractivity contribution < 1.29 is 26.7 Å². The SMILES string of the molecule is CCOc1cc(=O)n(C)cc1-c1cc(N(Cc2ccccc2Cl)S(=O)(=O)CC)ccc1Oc1ccc(F)cc1F. The Morgan fingerprint density at radius 1 is 0.925 bits per heavy atom. The molecule has 0 unspecified atom stereocenters. The molecule has 7 nitrogen and oxygen atoms in total. The van der Waals surface area contributed by atoms with Crippen LogP contribution in [0.3, 0.4) is 0 Å². The monoisotopic (exact) mass is 588 g/mol. The Labute approximate surface area is 236 Å². The number of nitrogens with zero attached hydrogens (tertiary/aromatic N) is 2. The van der Waals surface area contributed by atoms with Crippen molar-refractivity contribution in [2.45, 2.75) is 20.4 Å². The highest BCUT2D eigenvalue weighted by Gasteiger charge is 2.25. The molecule has 210 valence electrons. The van der Waals surface area contributed by atoms with Gasteiger partial charge in [-0.1, -0.05) is 29.8 Å². The fraction of sp³-hybridized carbons (Fsp3) is 0.207. The molecule has 0 saturated heterocycles. The van der Waals surface area contributed by atoms with Crippen molar-refractivity contribution in [1.82, 2.24) is 4.57 Å². The highest BCUT2D eigenvalue weighted by molar-refractivity contribution is 7.92. The van der Waals surface area contributed by atoms with Gasteiger partial charge in [0.25, 0.3) is 5.56 Å². The molecule has 4 rings (SSSR count). The predicted octanol–water partition coefficient (Wildman–Crippen LogP) is 6.53. The largest absolute Gasteiger partial charge is 0.493 e. The average molecular weight is 589 g/mol. The molecular weight excluding hydrogens is 562 g/mol. The van der Waals surface area contributed by atoms with Crippen LogP contribution in [0.1, 0.15) is 19.4 Å². The van der Waals surface area contributed by atoms with E-state index in [2.05, 4.69) is 0 Å². The van der Waals surface area contributed by atoms with Gasteiger partial charge < -0.3 is 14.0 Å². The molecule has 0 aliphatic heterocycles. The Balaban J connectivity index is 1.95. The zero-order valence-corrected chi connectivity index (χ0v) is 23.6. The van der Waals surface area contributed by atoms with E-state index in [0.717, 1.165) is 12.1 Å². The van der Waals surface area contributed by atoms with Crippen LogP contribution in [0.15, 0.2) is 77.7 Å². The van der Waals surface area contributed by atoms with E-state index >= 15 is 0 Å². The van der Waals surface area contributed by atoms with Crippen LogP contribution < -0.4 is 19.3 Å². The first kappa shape index (κ1) is 29.1. The van der Waals surface area contributed by atoms with Crippen LogP contribution in [0, 0.1) is 11.6 Å². The molecule has 40 heavy (non-hydrogen) atoms. The van der Waals surface area contributed by atoms with E-state index in [0.29, 0.717) is 27.8 Å². The Morgan fingerprint density at radius 3 is 2.33 bits per heavy atom. The maximum atomic E-state index is 14.5. The average Bonchev–Trinajstić information content (AvgIpc) is 2.92. The van der Waals surface area contributed by atoms with Crippen molar-refractivity contribution in [3.05, 3.63) is 106 Å². The quantitative estimate of drug-likeness (QED) is 0.210. The first-order chi connectivity index (χ1) is 19.0. The van der Waals surface area contributed by atoms with E-state index in [-0.39, 0.29) is 47.4 Å². The predicted molar refractivity (Wildman–Crippen MR) is 152 cm³/mol. The van der Waals surface area contributed by atoms with Crippen LogP contribution in [0.25, 0.3) is 11.1 Å². The van der Waals surface area contributed by atoms with E-state index in [9.17, 15) is 22.0 Å². The Bertz CT molecular complexity index is 1710. The molecule has 11 heteroatoms. The van der Waals surface area contributed by atoms with Gasteiger partial charge in [0.2, 0.25) is 10.0 Å². The molecule has 1 aromatic heterocycles. The lowest BCUT2D eigenvalue weighted by atomic mass is 10.0. The van der Waals surface area contributed by atoms with Crippen molar-refractivity contribution >= 4 is 27.3 Å². The number of hydrogen-bond acceptors (Lipinski definition) is 5. The Kier molecular flexibility index (Phi) is 8.80. The van der Waals surface area contributed by atoms with Crippen LogP contribution in [0.4, 0.5) is 14.5 Å². The maximum absolute atomic E-state index is 14.5. The lowest BCUT2D eigenvalue weighted by Crippen LogP contribution is -2.32. The van der Waals surface area contributed by atoms with Crippen molar-refractivity contribution in [3.8, 4) is 28.4 Å². The van der Waals surface area contributed by atoms with Gasteiger partial charge in [0.15, 0.2) is 11.6 Å². The van der Waals surface area contributed by atoms with Crippen molar-refractivity contribution in [1.29, 1.82) is 0 Å². The van der Waals surface area contributed by atoms with Gasteiger partial charge in [0.1, 0.15) is 17.3 Å². The zero-order valence-electron chi connectivity index (χ0n) is 22.0. The van der Waals surface area contributed by atoms with Gasteiger partial charge in [-0.2, -0.15) is 0 Å². The van der Waals surface area contributed by atoms with Gasteiger partial charge in [0, 0.05) is 41.5 Å². The second kappa shape index (κ2) is 12.1. The summed E-state index contributed by atoms with van der Waals surface area (Å²) in [7, 11) is -2.25. The summed E-state index contributed by atoms with van der Waals surface area (Å²) in [6, 6.07) is 15.7.